The zero-order chi connectivity index (χ0) is 32.9. The van der Waals surface area contributed by atoms with E-state index in [4.69, 9.17) is 16.3 Å². The summed E-state index contributed by atoms with van der Waals surface area (Å²) < 4.78 is 35.3. The van der Waals surface area contributed by atoms with Crippen LogP contribution in [0.5, 0.6) is 5.75 Å². The lowest BCUT2D eigenvalue weighted by atomic mass is 10.0. The number of anilines is 1. The number of carbonyl (C=O) groups is 2. The van der Waals surface area contributed by atoms with E-state index in [1.54, 1.807) is 67.6 Å². The van der Waals surface area contributed by atoms with E-state index in [-0.39, 0.29) is 29.5 Å². The molecule has 0 aromatic heterocycles. The highest BCUT2D eigenvalue weighted by Gasteiger charge is 2.35. The van der Waals surface area contributed by atoms with E-state index in [0.717, 1.165) is 22.7 Å². The van der Waals surface area contributed by atoms with Crippen molar-refractivity contribution in [2.24, 2.45) is 0 Å². The van der Waals surface area contributed by atoms with Gasteiger partial charge in [-0.15, -0.1) is 0 Å². The number of hydrogen-bond donors (Lipinski definition) is 1. The Balaban J connectivity index is 1.82. The molecule has 1 atom stereocenters. The zero-order valence-electron chi connectivity index (χ0n) is 26.1. The maximum absolute atomic E-state index is 14.6. The SMILES string of the molecule is CCCCNC(=O)[C@H](Cc1ccccc1)N(Cc1ccccc1Cl)C(=O)CN(c1ccccc1OCC)S(=O)(=O)c1ccccc1. The third-order valence-electron chi connectivity index (χ3n) is 7.44. The van der Waals surface area contributed by atoms with Gasteiger partial charge in [0.15, 0.2) is 0 Å². The number of nitrogens with zero attached hydrogens (tertiary/aromatic N) is 2. The minimum absolute atomic E-state index is 0.0104. The van der Waals surface area contributed by atoms with E-state index in [1.807, 2.05) is 43.3 Å². The quantitative estimate of drug-likeness (QED) is 0.139. The average Bonchev–Trinajstić information content (AvgIpc) is 3.07. The Kier molecular flexibility index (Phi) is 12.6. The van der Waals surface area contributed by atoms with Crippen molar-refractivity contribution >= 4 is 39.1 Å². The highest BCUT2D eigenvalue weighted by molar-refractivity contribution is 7.92. The number of rotatable bonds is 16. The number of nitrogens with one attached hydrogen (secondary N) is 1. The van der Waals surface area contributed by atoms with Crippen molar-refractivity contribution < 1.29 is 22.7 Å². The molecular formula is C36H40ClN3O5S. The van der Waals surface area contributed by atoms with Crippen LogP contribution in [0.15, 0.2) is 114 Å². The number of amides is 2. The standard InChI is InChI=1S/C36H40ClN3O5S/c1-3-5-24-38-36(42)33(25-28-16-8-6-9-17-28)39(26-29-18-12-13-21-31(29)37)35(41)27-40(32-22-14-15-23-34(32)45-4-2)46(43,44)30-19-10-7-11-20-30/h6-23,33H,3-5,24-27H2,1-2H3,(H,38,42)/t33-/m0/s1. The molecule has 0 radical (unpaired) electrons. The van der Waals surface area contributed by atoms with Crippen LogP contribution in [0.3, 0.4) is 0 Å². The van der Waals surface area contributed by atoms with E-state index < -0.39 is 28.5 Å². The molecule has 2 amide bonds. The molecule has 4 aromatic carbocycles. The van der Waals surface area contributed by atoms with Gasteiger partial charge in [0.05, 0.1) is 17.2 Å². The molecule has 0 heterocycles. The summed E-state index contributed by atoms with van der Waals surface area (Å²) in [5, 5.41) is 3.42. The number of carbonyl (C=O) groups excluding carboxylic acids is 2. The normalized spacial score (nSPS) is 11.8. The molecule has 4 rings (SSSR count). The number of ether oxygens (including phenoxy) is 1. The van der Waals surface area contributed by atoms with Gasteiger partial charge in [-0.05, 0) is 54.8 Å². The molecular weight excluding hydrogens is 622 g/mol. The molecule has 10 heteroatoms. The van der Waals surface area contributed by atoms with Crippen molar-refractivity contribution in [2.45, 2.75) is 50.6 Å². The van der Waals surface area contributed by atoms with Crippen LogP contribution in [0.25, 0.3) is 0 Å². The zero-order valence-corrected chi connectivity index (χ0v) is 27.7. The van der Waals surface area contributed by atoms with Crippen LogP contribution in [0.2, 0.25) is 5.02 Å². The number of hydrogen-bond acceptors (Lipinski definition) is 5. The van der Waals surface area contributed by atoms with Gasteiger partial charge >= 0.3 is 0 Å². The first-order valence-corrected chi connectivity index (χ1v) is 17.2. The van der Waals surface area contributed by atoms with Gasteiger partial charge in [0.2, 0.25) is 11.8 Å². The average molecular weight is 662 g/mol. The van der Waals surface area contributed by atoms with Crippen LogP contribution >= 0.6 is 11.6 Å². The predicted molar refractivity (Wildman–Crippen MR) is 182 cm³/mol. The molecule has 0 saturated carbocycles. The van der Waals surface area contributed by atoms with E-state index in [1.165, 1.54) is 17.0 Å². The minimum atomic E-state index is -4.25. The van der Waals surface area contributed by atoms with Crippen molar-refractivity contribution in [1.29, 1.82) is 0 Å². The van der Waals surface area contributed by atoms with Gasteiger partial charge in [-0.2, -0.15) is 0 Å². The predicted octanol–water partition coefficient (Wildman–Crippen LogP) is 6.49. The van der Waals surface area contributed by atoms with Crippen LogP contribution in [0, 0.1) is 0 Å². The molecule has 242 valence electrons. The smallest absolute Gasteiger partial charge is 0.264 e. The topological polar surface area (TPSA) is 96.0 Å². The summed E-state index contributed by atoms with van der Waals surface area (Å²) in [5.41, 5.74) is 1.70. The third-order valence-corrected chi connectivity index (χ3v) is 9.59. The highest BCUT2D eigenvalue weighted by Crippen LogP contribution is 2.33. The van der Waals surface area contributed by atoms with Gasteiger partial charge in [-0.3, -0.25) is 13.9 Å². The molecule has 0 spiro atoms. The second-order valence-electron chi connectivity index (χ2n) is 10.7. The summed E-state index contributed by atoms with van der Waals surface area (Å²) >= 11 is 6.57. The third kappa shape index (κ3) is 8.89. The Morgan fingerprint density at radius 2 is 1.48 bits per heavy atom. The molecule has 0 aliphatic carbocycles. The number of para-hydroxylation sites is 2. The van der Waals surface area contributed by atoms with Crippen LogP contribution in [0.4, 0.5) is 5.69 Å². The summed E-state index contributed by atoms with van der Waals surface area (Å²) in [4.78, 5) is 29.9. The van der Waals surface area contributed by atoms with Gasteiger partial charge in [0.1, 0.15) is 18.3 Å². The minimum Gasteiger partial charge on any atom is -0.492 e. The van der Waals surface area contributed by atoms with Crippen LogP contribution in [0.1, 0.15) is 37.8 Å². The van der Waals surface area contributed by atoms with E-state index >= 15 is 0 Å². The molecule has 0 bridgehead atoms. The second kappa shape index (κ2) is 16.8. The Morgan fingerprint density at radius 1 is 0.848 bits per heavy atom. The highest BCUT2D eigenvalue weighted by atomic mass is 35.5. The molecule has 0 aliphatic heterocycles. The fraction of sp³-hybridized carbons (Fsp3) is 0.278. The maximum atomic E-state index is 14.6. The van der Waals surface area contributed by atoms with Crippen molar-refractivity contribution in [1.82, 2.24) is 10.2 Å². The van der Waals surface area contributed by atoms with Gasteiger partial charge in [0.25, 0.3) is 10.0 Å². The number of benzene rings is 4. The molecule has 0 fully saturated rings. The Bertz CT molecular complexity index is 1690. The Morgan fingerprint density at radius 3 is 2.15 bits per heavy atom. The van der Waals surface area contributed by atoms with Crippen LogP contribution < -0.4 is 14.4 Å². The first-order valence-electron chi connectivity index (χ1n) is 15.4. The van der Waals surface area contributed by atoms with E-state index in [9.17, 15) is 18.0 Å². The van der Waals surface area contributed by atoms with Crippen molar-refractivity contribution in [2.75, 3.05) is 24.0 Å². The van der Waals surface area contributed by atoms with Gasteiger partial charge < -0.3 is 15.0 Å². The summed E-state index contributed by atoms with van der Waals surface area (Å²) in [6, 6.07) is 30.2. The molecule has 0 unspecified atom stereocenters. The van der Waals surface area contributed by atoms with Crippen LogP contribution in [-0.2, 0) is 32.6 Å². The van der Waals surface area contributed by atoms with Crippen molar-refractivity contribution in [3.8, 4) is 5.75 Å². The fourth-order valence-corrected chi connectivity index (χ4v) is 6.69. The molecule has 8 nitrogen and oxygen atoms in total. The summed E-state index contributed by atoms with van der Waals surface area (Å²) in [6.07, 6.45) is 1.88. The lowest BCUT2D eigenvalue weighted by molar-refractivity contribution is -0.140. The molecule has 0 aliphatic rings. The summed E-state index contributed by atoms with van der Waals surface area (Å²) in [7, 11) is -4.25. The first kappa shape index (κ1) is 34.5. The monoisotopic (exact) mass is 661 g/mol. The molecule has 0 saturated heterocycles. The summed E-state index contributed by atoms with van der Waals surface area (Å²) in [5.74, 6) is -0.588. The molecule has 4 aromatic rings. The number of halogens is 1. The Labute approximate surface area is 277 Å². The Hall–Kier alpha value is -4.34. The number of unbranched alkanes of at least 4 members (excludes halogenated alkanes) is 1. The fourth-order valence-electron chi connectivity index (χ4n) is 5.04. The maximum Gasteiger partial charge on any atom is 0.264 e. The summed E-state index contributed by atoms with van der Waals surface area (Å²) in [6.45, 7) is 3.98. The van der Waals surface area contributed by atoms with Crippen molar-refractivity contribution in [3.63, 3.8) is 0 Å². The van der Waals surface area contributed by atoms with Crippen molar-refractivity contribution in [3.05, 3.63) is 125 Å². The second-order valence-corrected chi connectivity index (χ2v) is 13.0. The number of sulfonamides is 1. The van der Waals surface area contributed by atoms with Gasteiger partial charge in [-0.25, -0.2) is 8.42 Å². The lowest BCUT2D eigenvalue weighted by Gasteiger charge is -2.34. The molecule has 46 heavy (non-hydrogen) atoms. The lowest BCUT2D eigenvalue weighted by Crippen LogP contribution is -2.53. The van der Waals surface area contributed by atoms with Crippen LogP contribution in [-0.4, -0.2) is 50.9 Å². The first-order chi connectivity index (χ1) is 22.3. The van der Waals surface area contributed by atoms with Gasteiger partial charge in [0, 0.05) is 24.5 Å². The largest absolute Gasteiger partial charge is 0.492 e. The van der Waals surface area contributed by atoms with Gasteiger partial charge in [-0.1, -0.05) is 104 Å². The molecule has 1 N–H and O–H groups in total. The van der Waals surface area contributed by atoms with E-state index in [2.05, 4.69) is 5.32 Å². The van der Waals surface area contributed by atoms with E-state index in [0.29, 0.717) is 29.5 Å².